The molecular weight excluding hydrogens is 356 g/mol. The van der Waals surface area contributed by atoms with Crippen LogP contribution < -0.4 is 0 Å². The van der Waals surface area contributed by atoms with Crippen molar-refractivity contribution in [3.05, 3.63) is 0 Å². The second-order valence-corrected chi connectivity index (χ2v) is 8.75. The van der Waals surface area contributed by atoms with Crippen LogP contribution >= 0.6 is 0 Å². The van der Waals surface area contributed by atoms with E-state index in [1.54, 1.807) is 0 Å². The molecule has 1 aliphatic carbocycles. The van der Waals surface area contributed by atoms with Gasteiger partial charge in [-0.3, -0.25) is 4.79 Å². The lowest BCUT2D eigenvalue weighted by molar-refractivity contribution is -0.299. The monoisotopic (exact) mass is 390 g/mol. The summed E-state index contributed by atoms with van der Waals surface area (Å²) in [5, 5.41) is 48.5. The van der Waals surface area contributed by atoms with Gasteiger partial charge in [0.25, 0.3) is 0 Å². The fourth-order valence-electron chi connectivity index (χ4n) is 4.65. The molecule has 8 atom stereocenters. The van der Waals surface area contributed by atoms with Gasteiger partial charge in [0, 0.05) is 6.42 Å². The molecule has 0 aromatic heterocycles. The third-order valence-electron chi connectivity index (χ3n) is 6.09. The Balaban J connectivity index is 1.82. The number of aliphatic hydroxyl groups is 5. The molecule has 5 N–H and O–H groups in total. The summed E-state index contributed by atoms with van der Waals surface area (Å²) in [7, 11) is 0. The van der Waals surface area contributed by atoms with Crippen LogP contribution in [0.1, 0.15) is 46.5 Å². The van der Waals surface area contributed by atoms with Gasteiger partial charge in [0.1, 0.15) is 31.0 Å². The van der Waals surface area contributed by atoms with Crippen LogP contribution in [-0.2, 0) is 14.3 Å². The molecule has 0 bridgehead atoms. The molecule has 0 amide bonds. The lowest BCUT2D eigenvalue weighted by Crippen LogP contribution is -2.59. The van der Waals surface area contributed by atoms with Crippen LogP contribution in [0.4, 0.5) is 0 Å². The zero-order valence-corrected chi connectivity index (χ0v) is 16.3. The summed E-state index contributed by atoms with van der Waals surface area (Å²) in [6, 6.07) is 0. The average Bonchev–Trinajstić information content (AvgIpc) is 2.57. The first-order valence-electron chi connectivity index (χ1n) is 9.68. The smallest absolute Gasteiger partial charge is 0.187 e. The normalized spacial score (nSPS) is 42.1. The third kappa shape index (κ3) is 5.47. The molecule has 1 saturated carbocycles. The molecular formula is C19H34O8. The second kappa shape index (κ2) is 9.26. The quantitative estimate of drug-likeness (QED) is 0.396. The van der Waals surface area contributed by atoms with Gasteiger partial charge in [-0.25, -0.2) is 0 Å². The maximum absolute atomic E-state index is 12.2. The van der Waals surface area contributed by atoms with Crippen LogP contribution in [-0.4, -0.2) is 81.3 Å². The highest BCUT2D eigenvalue weighted by Gasteiger charge is 2.44. The SMILES string of the molecule is CC1CC(O)CC(C)(C)C1CCC(=O)COC1OC(CO)C(O)C(O)C1O. The Labute approximate surface area is 160 Å². The Hall–Kier alpha value is -0.610. The number of rotatable bonds is 7. The van der Waals surface area contributed by atoms with E-state index >= 15 is 0 Å². The first-order chi connectivity index (χ1) is 12.6. The minimum atomic E-state index is -1.52. The lowest BCUT2D eigenvalue weighted by atomic mass is 9.62. The van der Waals surface area contributed by atoms with E-state index in [0.717, 1.165) is 12.8 Å². The molecule has 1 saturated heterocycles. The van der Waals surface area contributed by atoms with Crippen molar-refractivity contribution in [2.75, 3.05) is 13.2 Å². The maximum atomic E-state index is 12.2. The lowest BCUT2D eigenvalue weighted by Gasteiger charge is -2.45. The Morgan fingerprint density at radius 1 is 1.15 bits per heavy atom. The maximum Gasteiger partial charge on any atom is 0.187 e. The molecule has 2 aliphatic rings. The molecule has 2 fully saturated rings. The van der Waals surface area contributed by atoms with Crippen molar-refractivity contribution in [2.24, 2.45) is 17.3 Å². The highest BCUT2D eigenvalue weighted by atomic mass is 16.7. The van der Waals surface area contributed by atoms with E-state index in [1.807, 2.05) is 0 Å². The molecule has 0 aromatic rings. The van der Waals surface area contributed by atoms with Crippen molar-refractivity contribution in [2.45, 2.75) is 83.3 Å². The minimum absolute atomic E-state index is 0.0461. The molecule has 2 rings (SSSR count). The number of carbonyl (C=O) groups excluding carboxylic acids is 1. The van der Waals surface area contributed by atoms with Gasteiger partial charge in [0.15, 0.2) is 12.1 Å². The van der Waals surface area contributed by atoms with Gasteiger partial charge < -0.3 is 35.0 Å². The number of carbonyl (C=O) groups is 1. The molecule has 27 heavy (non-hydrogen) atoms. The summed E-state index contributed by atoms with van der Waals surface area (Å²) in [6.45, 7) is 5.51. The van der Waals surface area contributed by atoms with Crippen molar-refractivity contribution in [3.8, 4) is 0 Å². The minimum Gasteiger partial charge on any atom is -0.394 e. The van der Waals surface area contributed by atoms with Gasteiger partial charge in [-0.1, -0.05) is 20.8 Å². The molecule has 8 nitrogen and oxygen atoms in total. The van der Waals surface area contributed by atoms with Crippen molar-refractivity contribution >= 4 is 5.78 Å². The summed E-state index contributed by atoms with van der Waals surface area (Å²) in [6.07, 6.45) is -4.66. The Kier molecular flexibility index (Phi) is 7.78. The van der Waals surface area contributed by atoms with Crippen LogP contribution in [0.2, 0.25) is 0 Å². The summed E-state index contributed by atoms with van der Waals surface area (Å²) in [4.78, 5) is 12.2. The third-order valence-corrected chi connectivity index (χ3v) is 6.09. The van der Waals surface area contributed by atoms with Crippen LogP contribution in [0, 0.1) is 17.3 Å². The molecule has 8 heteroatoms. The molecule has 8 unspecified atom stereocenters. The Morgan fingerprint density at radius 2 is 1.81 bits per heavy atom. The summed E-state index contributed by atoms with van der Waals surface area (Å²) < 4.78 is 10.5. The van der Waals surface area contributed by atoms with E-state index < -0.39 is 37.3 Å². The molecule has 158 valence electrons. The summed E-state index contributed by atoms with van der Waals surface area (Å²) >= 11 is 0. The van der Waals surface area contributed by atoms with E-state index in [4.69, 9.17) is 14.6 Å². The highest BCUT2D eigenvalue weighted by Crippen LogP contribution is 2.46. The molecule has 0 spiro atoms. The van der Waals surface area contributed by atoms with Crippen molar-refractivity contribution in [3.63, 3.8) is 0 Å². The number of hydrogen-bond acceptors (Lipinski definition) is 8. The molecule has 0 aromatic carbocycles. The van der Waals surface area contributed by atoms with Crippen LogP contribution in [0.5, 0.6) is 0 Å². The average molecular weight is 390 g/mol. The second-order valence-electron chi connectivity index (χ2n) is 8.75. The van der Waals surface area contributed by atoms with E-state index in [2.05, 4.69) is 20.8 Å². The zero-order chi connectivity index (χ0) is 20.4. The summed E-state index contributed by atoms with van der Waals surface area (Å²) in [5.41, 5.74) is -0.0461. The largest absolute Gasteiger partial charge is 0.394 e. The molecule has 1 heterocycles. The van der Waals surface area contributed by atoms with Crippen LogP contribution in [0.3, 0.4) is 0 Å². The van der Waals surface area contributed by atoms with E-state index in [-0.39, 0.29) is 23.9 Å². The number of ketones is 1. The van der Waals surface area contributed by atoms with Gasteiger partial charge >= 0.3 is 0 Å². The van der Waals surface area contributed by atoms with Crippen molar-refractivity contribution in [1.82, 2.24) is 0 Å². The topological polar surface area (TPSA) is 137 Å². The predicted molar refractivity (Wildman–Crippen MR) is 95.6 cm³/mol. The van der Waals surface area contributed by atoms with E-state index in [1.165, 1.54) is 0 Å². The number of aliphatic hydroxyl groups excluding tert-OH is 5. The van der Waals surface area contributed by atoms with Crippen LogP contribution in [0.15, 0.2) is 0 Å². The van der Waals surface area contributed by atoms with Gasteiger partial charge in [0.05, 0.1) is 12.7 Å². The first kappa shape index (κ1) is 22.7. The fourth-order valence-corrected chi connectivity index (χ4v) is 4.65. The summed E-state index contributed by atoms with van der Waals surface area (Å²) in [5.74, 6) is 0.487. The number of Topliss-reactive ketones (excluding diaryl/α,β-unsaturated/α-hetero) is 1. The molecule has 0 radical (unpaired) electrons. The fraction of sp³-hybridized carbons (Fsp3) is 0.947. The Morgan fingerprint density at radius 3 is 2.41 bits per heavy atom. The van der Waals surface area contributed by atoms with Gasteiger partial charge in [-0.15, -0.1) is 0 Å². The first-order valence-corrected chi connectivity index (χ1v) is 9.68. The highest BCUT2D eigenvalue weighted by molar-refractivity contribution is 5.79. The van der Waals surface area contributed by atoms with Crippen LogP contribution in [0.25, 0.3) is 0 Å². The number of ether oxygens (including phenoxy) is 2. The molecule has 1 aliphatic heterocycles. The predicted octanol–water partition coefficient (Wildman–Crippen LogP) is -0.415. The number of hydrogen-bond donors (Lipinski definition) is 5. The standard InChI is InChI=1S/C19H34O8/c1-10-6-12(22)7-19(2,3)13(10)5-4-11(21)9-26-18-17(25)16(24)15(23)14(8-20)27-18/h10,12-18,20,22-25H,4-9H2,1-3H3. The Bertz CT molecular complexity index is 494. The van der Waals surface area contributed by atoms with Crippen molar-refractivity contribution in [1.29, 1.82) is 0 Å². The van der Waals surface area contributed by atoms with Gasteiger partial charge in [0.2, 0.25) is 0 Å². The van der Waals surface area contributed by atoms with Crippen molar-refractivity contribution < 1.29 is 39.8 Å². The van der Waals surface area contributed by atoms with E-state index in [9.17, 15) is 25.2 Å². The zero-order valence-electron chi connectivity index (χ0n) is 16.3. The van der Waals surface area contributed by atoms with Gasteiger partial charge in [-0.05, 0) is 36.5 Å². The van der Waals surface area contributed by atoms with Gasteiger partial charge in [-0.2, -0.15) is 0 Å². The van der Waals surface area contributed by atoms with E-state index in [0.29, 0.717) is 24.7 Å².